The molecule has 1 aliphatic rings. The van der Waals surface area contributed by atoms with E-state index in [-0.39, 0.29) is 12.5 Å². The number of hydrogen-bond acceptors (Lipinski definition) is 3. The third-order valence-corrected chi connectivity index (χ3v) is 3.59. The summed E-state index contributed by atoms with van der Waals surface area (Å²) in [5.41, 5.74) is 1.47. The van der Waals surface area contributed by atoms with Crippen LogP contribution in [0.25, 0.3) is 0 Å². The quantitative estimate of drug-likeness (QED) is 0.799. The van der Waals surface area contributed by atoms with Crippen LogP contribution in [0.3, 0.4) is 0 Å². The summed E-state index contributed by atoms with van der Waals surface area (Å²) in [7, 11) is 0. The van der Waals surface area contributed by atoms with Gasteiger partial charge in [-0.05, 0) is 18.2 Å². The lowest BCUT2D eigenvalue weighted by Crippen LogP contribution is -2.38. The number of carbonyl (C=O) groups is 1. The van der Waals surface area contributed by atoms with Gasteiger partial charge in [-0.3, -0.25) is 4.79 Å². The van der Waals surface area contributed by atoms with Gasteiger partial charge >= 0.3 is 0 Å². The molecule has 0 N–H and O–H groups in total. The average molecular weight is 309 g/mol. The highest BCUT2D eigenvalue weighted by atomic mass is 35.5. The lowest BCUT2D eigenvalue weighted by atomic mass is 10.2. The summed E-state index contributed by atoms with van der Waals surface area (Å²) >= 11 is 11.9. The summed E-state index contributed by atoms with van der Waals surface area (Å²) in [5.74, 6) is 0.569. The molecule has 0 fully saturated rings. The minimum atomic E-state index is -0.116. The second-order valence-electron chi connectivity index (χ2n) is 4.33. The van der Waals surface area contributed by atoms with Crippen molar-refractivity contribution < 1.29 is 9.53 Å². The van der Waals surface area contributed by atoms with E-state index < -0.39 is 0 Å². The number of amides is 1. The first-order valence-electron chi connectivity index (χ1n) is 5.97. The zero-order valence-corrected chi connectivity index (χ0v) is 11.9. The number of anilines is 1. The number of aromatic nitrogens is 1. The third-order valence-electron chi connectivity index (χ3n) is 3.03. The number of para-hydroxylation sites is 2. The molecule has 4 nitrogen and oxygen atoms in total. The van der Waals surface area contributed by atoms with Gasteiger partial charge in [0.2, 0.25) is 0 Å². The summed E-state index contributed by atoms with van der Waals surface area (Å²) < 4.78 is 5.39. The molecule has 1 aliphatic heterocycles. The van der Waals surface area contributed by atoms with E-state index in [1.54, 1.807) is 17.2 Å². The Morgan fingerprint density at radius 3 is 2.90 bits per heavy atom. The van der Waals surface area contributed by atoms with Gasteiger partial charge in [0, 0.05) is 11.8 Å². The number of nitrogens with zero attached hydrogens (tertiary/aromatic N) is 2. The largest absolute Gasteiger partial charge is 0.482 e. The molecule has 1 aromatic carbocycles. The zero-order valence-electron chi connectivity index (χ0n) is 10.3. The van der Waals surface area contributed by atoms with Gasteiger partial charge in [-0.1, -0.05) is 35.3 Å². The maximum Gasteiger partial charge on any atom is 0.265 e. The molecule has 1 aromatic heterocycles. The normalized spacial score (nSPS) is 13.9. The van der Waals surface area contributed by atoms with E-state index >= 15 is 0 Å². The Kier molecular flexibility index (Phi) is 3.51. The topological polar surface area (TPSA) is 42.4 Å². The van der Waals surface area contributed by atoms with E-state index in [2.05, 4.69) is 4.98 Å². The van der Waals surface area contributed by atoms with Crippen LogP contribution in [0.5, 0.6) is 5.75 Å². The van der Waals surface area contributed by atoms with Crippen molar-refractivity contribution in [2.24, 2.45) is 0 Å². The molecule has 0 unspecified atom stereocenters. The molecule has 0 spiro atoms. The van der Waals surface area contributed by atoms with Crippen molar-refractivity contribution in [3.63, 3.8) is 0 Å². The molecule has 0 bridgehead atoms. The number of benzene rings is 1. The van der Waals surface area contributed by atoms with Crippen LogP contribution in [0, 0.1) is 0 Å². The highest BCUT2D eigenvalue weighted by Crippen LogP contribution is 2.33. The van der Waals surface area contributed by atoms with Crippen molar-refractivity contribution in [1.29, 1.82) is 0 Å². The molecule has 0 saturated heterocycles. The minimum Gasteiger partial charge on any atom is -0.482 e. The Morgan fingerprint density at radius 1 is 1.30 bits per heavy atom. The van der Waals surface area contributed by atoms with Gasteiger partial charge in [-0.15, -0.1) is 0 Å². The first kappa shape index (κ1) is 13.2. The van der Waals surface area contributed by atoms with Gasteiger partial charge in [0.05, 0.1) is 17.3 Å². The van der Waals surface area contributed by atoms with Gasteiger partial charge in [-0.2, -0.15) is 0 Å². The molecule has 6 heteroatoms. The predicted molar refractivity (Wildman–Crippen MR) is 77.4 cm³/mol. The van der Waals surface area contributed by atoms with Crippen molar-refractivity contribution in [3.05, 3.63) is 52.3 Å². The molecule has 2 heterocycles. The van der Waals surface area contributed by atoms with Crippen molar-refractivity contribution >= 4 is 34.8 Å². The van der Waals surface area contributed by atoms with Crippen LogP contribution in [-0.2, 0) is 11.3 Å². The number of pyridine rings is 1. The van der Waals surface area contributed by atoms with Gasteiger partial charge in [-0.25, -0.2) is 4.98 Å². The van der Waals surface area contributed by atoms with Crippen LogP contribution in [0.15, 0.2) is 36.5 Å². The molecule has 2 aromatic rings. The molecule has 0 atom stereocenters. The van der Waals surface area contributed by atoms with Gasteiger partial charge < -0.3 is 9.64 Å². The van der Waals surface area contributed by atoms with Crippen LogP contribution in [0.1, 0.15) is 5.56 Å². The standard InChI is InChI=1S/C14H10Cl2N2O2/c15-10-5-13(16)17-6-9(10)7-18-11-3-1-2-4-12(11)20-8-14(18)19/h1-6H,7-8H2. The summed E-state index contributed by atoms with van der Waals surface area (Å²) in [6.45, 7) is 0.359. The highest BCUT2D eigenvalue weighted by Gasteiger charge is 2.25. The lowest BCUT2D eigenvalue weighted by molar-refractivity contribution is -0.121. The fraction of sp³-hybridized carbons (Fsp3) is 0.143. The summed E-state index contributed by atoms with van der Waals surface area (Å²) in [6, 6.07) is 8.95. The van der Waals surface area contributed by atoms with E-state index in [0.717, 1.165) is 11.3 Å². The molecule has 0 saturated carbocycles. The molecule has 102 valence electrons. The van der Waals surface area contributed by atoms with Crippen molar-refractivity contribution in [2.45, 2.75) is 6.54 Å². The van der Waals surface area contributed by atoms with E-state index in [0.29, 0.717) is 22.5 Å². The summed E-state index contributed by atoms with van der Waals surface area (Å²) in [6.07, 6.45) is 1.58. The molecular formula is C14H10Cl2N2O2. The molecular weight excluding hydrogens is 299 g/mol. The fourth-order valence-corrected chi connectivity index (χ4v) is 2.48. The molecule has 0 aliphatic carbocycles. The summed E-state index contributed by atoms with van der Waals surface area (Å²) in [4.78, 5) is 17.7. The van der Waals surface area contributed by atoms with E-state index in [1.165, 1.54) is 0 Å². The number of rotatable bonds is 2. The van der Waals surface area contributed by atoms with Crippen molar-refractivity contribution in [1.82, 2.24) is 4.98 Å². The second kappa shape index (κ2) is 5.31. The predicted octanol–water partition coefficient (Wildman–Crippen LogP) is 3.31. The SMILES string of the molecule is O=C1COc2ccccc2N1Cc1cnc(Cl)cc1Cl. The Balaban J connectivity index is 1.95. The van der Waals surface area contributed by atoms with Crippen LogP contribution in [-0.4, -0.2) is 17.5 Å². The Labute approximate surface area is 125 Å². The number of fused-ring (bicyclic) bond motifs is 1. The van der Waals surface area contributed by atoms with Gasteiger partial charge in [0.15, 0.2) is 6.61 Å². The van der Waals surface area contributed by atoms with E-state index in [9.17, 15) is 4.79 Å². The molecule has 20 heavy (non-hydrogen) atoms. The highest BCUT2D eigenvalue weighted by molar-refractivity contribution is 6.34. The maximum atomic E-state index is 12.1. The Hall–Kier alpha value is -1.78. The van der Waals surface area contributed by atoms with Crippen LogP contribution >= 0.6 is 23.2 Å². The average Bonchev–Trinajstić information content (AvgIpc) is 2.44. The van der Waals surface area contributed by atoms with Gasteiger partial charge in [0.1, 0.15) is 10.9 Å². The number of ether oxygens (including phenoxy) is 1. The van der Waals surface area contributed by atoms with E-state index in [4.69, 9.17) is 27.9 Å². The van der Waals surface area contributed by atoms with Crippen LogP contribution in [0.2, 0.25) is 10.2 Å². The monoisotopic (exact) mass is 308 g/mol. The lowest BCUT2D eigenvalue weighted by Gasteiger charge is -2.29. The third kappa shape index (κ3) is 2.44. The van der Waals surface area contributed by atoms with Crippen LogP contribution in [0.4, 0.5) is 5.69 Å². The maximum absolute atomic E-state index is 12.1. The zero-order chi connectivity index (χ0) is 14.1. The van der Waals surface area contributed by atoms with E-state index in [1.807, 2.05) is 24.3 Å². The number of carbonyl (C=O) groups excluding carboxylic acids is 1. The first-order chi connectivity index (χ1) is 9.65. The van der Waals surface area contributed by atoms with Crippen molar-refractivity contribution in [3.8, 4) is 5.75 Å². The Bertz CT molecular complexity index is 676. The summed E-state index contributed by atoms with van der Waals surface area (Å²) in [5, 5.41) is 0.814. The van der Waals surface area contributed by atoms with Gasteiger partial charge in [0.25, 0.3) is 5.91 Å². The Morgan fingerprint density at radius 2 is 2.10 bits per heavy atom. The first-order valence-corrected chi connectivity index (χ1v) is 6.73. The fourth-order valence-electron chi connectivity index (χ4n) is 2.05. The number of halogens is 2. The molecule has 3 rings (SSSR count). The molecule has 0 radical (unpaired) electrons. The number of hydrogen-bond donors (Lipinski definition) is 0. The van der Waals surface area contributed by atoms with Crippen molar-refractivity contribution in [2.75, 3.05) is 11.5 Å². The second-order valence-corrected chi connectivity index (χ2v) is 5.13. The molecule has 1 amide bonds. The smallest absolute Gasteiger partial charge is 0.265 e. The van der Waals surface area contributed by atoms with Crippen LogP contribution < -0.4 is 9.64 Å². The minimum absolute atomic E-state index is 0.0235.